The normalized spacial score (nSPS) is 17.0. The van der Waals surface area contributed by atoms with Crippen LogP contribution in [0, 0.1) is 0 Å². The SMILES string of the molecule is CCC1C(=O)N(C)CCN1C(=O)c1coc(COc2cccc3cnccc23)n1. The summed E-state index contributed by atoms with van der Waals surface area (Å²) in [6.07, 6.45) is 5.35. The number of likely N-dealkylation sites (N-methyl/N-ethyl adjacent to an activating group) is 1. The Balaban J connectivity index is 1.47. The van der Waals surface area contributed by atoms with Crippen molar-refractivity contribution in [3.05, 3.63) is 54.5 Å². The first-order valence-corrected chi connectivity index (χ1v) is 9.54. The van der Waals surface area contributed by atoms with Gasteiger partial charge in [-0.25, -0.2) is 4.98 Å². The number of carbonyl (C=O) groups excluding carboxylic acids is 2. The highest BCUT2D eigenvalue weighted by Gasteiger charge is 2.36. The number of benzene rings is 1. The third-order valence-corrected chi connectivity index (χ3v) is 5.12. The third kappa shape index (κ3) is 3.65. The summed E-state index contributed by atoms with van der Waals surface area (Å²) in [7, 11) is 1.75. The summed E-state index contributed by atoms with van der Waals surface area (Å²) < 4.78 is 11.3. The van der Waals surface area contributed by atoms with E-state index in [-0.39, 0.29) is 24.1 Å². The standard InChI is InChI=1S/C21H22N4O4/c1-3-17-21(27)24(2)9-10-25(17)20(26)16-12-29-19(23-16)13-28-18-6-4-5-14-11-22-8-7-15(14)18/h4-8,11-12,17H,3,9-10,13H2,1-2H3. The van der Waals surface area contributed by atoms with Crippen LogP contribution in [0.1, 0.15) is 29.7 Å². The maximum atomic E-state index is 12.9. The molecule has 4 rings (SSSR count). The highest BCUT2D eigenvalue weighted by atomic mass is 16.5. The highest BCUT2D eigenvalue weighted by Crippen LogP contribution is 2.25. The molecule has 3 heterocycles. The van der Waals surface area contributed by atoms with Gasteiger partial charge in [0.1, 0.15) is 18.1 Å². The number of oxazole rings is 1. The van der Waals surface area contributed by atoms with Crippen LogP contribution >= 0.6 is 0 Å². The van der Waals surface area contributed by atoms with Crippen LogP contribution in [0.15, 0.2) is 47.3 Å². The quantitative estimate of drug-likeness (QED) is 0.661. The second-order valence-electron chi connectivity index (χ2n) is 6.95. The van der Waals surface area contributed by atoms with Crippen molar-refractivity contribution in [1.29, 1.82) is 0 Å². The summed E-state index contributed by atoms with van der Waals surface area (Å²) in [6, 6.07) is 7.11. The Morgan fingerprint density at radius 2 is 2.17 bits per heavy atom. The molecule has 0 bridgehead atoms. The van der Waals surface area contributed by atoms with Crippen molar-refractivity contribution in [2.45, 2.75) is 26.0 Å². The number of hydrogen-bond acceptors (Lipinski definition) is 6. The van der Waals surface area contributed by atoms with Crippen LogP contribution in [0.4, 0.5) is 0 Å². The Morgan fingerprint density at radius 1 is 1.31 bits per heavy atom. The fraction of sp³-hybridized carbons (Fsp3) is 0.333. The zero-order valence-electron chi connectivity index (χ0n) is 16.4. The lowest BCUT2D eigenvalue weighted by Gasteiger charge is -2.38. The van der Waals surface area contributed by atoms with Gasteiger partial charge in [0.2, 0.25) is 11.8 Å². The largest absolute Gasteiger partial charge is 0.483 e. The molecular formula is C21H22N4O4. The second-order valence-corrected chi connectivity index (χ2v) is 6.95. The molecule has 0 N–H and O–H groups in total. The molecule has 0 radical (unpaired) electrons. The van der Waals surface area contributed by atoms with Crippen molar-refractivity contribution in [3.8, 4) is 5.75 Å². The monoisotopic (exact) mass is 394 g/mol. The molecule has 0 aliphatic carbocycles. The molecule has 2 aromatic heterocycles. The minimum atomic E-state index is -0.470. The Kier molecular flexibility index (Phi) is 5.16. The zero-order chi connectivity index (χ0) is 20.4. The van der Waals surface area contributed by atoms with Crippen LogP contribution in [0.3, 0.4) is 0 Å². The number of carbonyl (C=O) groups is 2. The highest BCUT2D eigenvalue weighted by molar-refractivity contribution is 5.96. The van der Waals surface area contributed by atoms with Gasteiger partial charge in [-0.1, -0.05) is 19.1 Å². The Labute approximate surface area is 168 Å². The molecule has 8 heteroatoms. The number of pyridine rings is 1. The van der Waals surface area contributed by atoms with Crippen molar-refractivity contribution < 1.29 is 18.7 Å². The lowest BCUT2D eigenvalue weighted by atomic mass is 10.1. The van der Waals surface area contributed by atoms with Crippen LogP contribution in [0.25, 0.3) is 10.8 Å². The van der Waals surface area contributed by atoms with Gasteiger partial charge >= 0.3 is 0 Å². The molecule has 1 saturated heterocycles. The van der Waals surface area contributed by atoms with E-state index in [0.29, 0.717) is 31.2 Å². The van der Waals surface area contributed by atoms with E-state index in [1.165, 1.54) is 6.26 Å². The molecule has 1 atom stereocenters. The fourth-order valence-corrected chi connectivity index (χ4v) is 3.53. The lowest BCUT2D eigenvalue weighted by Crippen LogP contribution is -2.57. The van der Waals surface area contributed by atoms with E-state index in [9.17, 15) is 9.59 Å². The molecular weight excluding hydrogens is 372 g/mol. The average Bonchev–Trinajstić information content (AvgIpc) is 3.22. The summed E-state index contributed by atoms with van der Waals surface area (Å²) in [5.41, 5.74) is 0.182. The molecule has 1 aliphatic heterocycles. The van der Waals surface area contributed by atoms with Crippen molar-refractivity contribution >= 4 is 22.6 Å². The fourth-order valence-electron chi connectivity index (χ4n) is 3.53. The van der Waals surface area contributed by atoms with Crippen molar-refractivity contribution in [2.75, 3.05) is 20.1 Å². The molecule has 150 valence electrons. The first-order chi connectivity index (χ1) is 14.1. The number of hydrogen-bond donors (Lipinski definition) is 0. The van der Waals surface area contributed by atoms with E-state index in [1.807, 2.05) is 31.2 Å². The van der Waals surface area contributed by atoms with E-state index >= 15 is 0 Å². The van der Waals surface area contributed by atoms with Gasteiger partial charge < -0.3 is 19.0 Å². The minimum Gasteiger partial charge on any atom is -0.483 e. The van der Waals surface area contributed by atoms with Gasteiger partial charge in [-0.2, -0.15) is 0 Å². The van der Waals surface area contributed by atoms with Gasteiger partial charge in [-0.15, -0.1) is 0 Å². The molecule has 29 heavy (non-hydrogen) atoms. The number of rotatable bonds is 5. The summed E-state index contributed by atoms with van der Waals surface area (Å²) >= 11 is 0. The van der Waals surface area contributed by atoms with Gasteiger partial charge in [0.05, 0.1) is 0 Å². The third-order valence-electron chi connectivity index (χ3n) is 5.12. The van der Waals surface area contributed by atoms with Crippen LogP contribution in [0.5, 0.6) is 5.75 Å². The number of piperazine rings is 1. The second kappa shape index (κ2) is 7.90. The molecule has 1 aliphatic rings. The molecule has 1 unspecified atom stereocenters. The molecule has 8 nitrogen and oxygen atoms in total. The van der Waals surface area contributed by atoms with E-state index in [0.717, 1.165) is 10.8 Å². The minimum absolute atomic E-state index is 0.0513. The number of ether oxygens (including phenoxy) is 1. The van der Waals surface area contributed by atoms with Gasteiger partial charge in [-0.3, -0.25) is 14.6 Å². The summed E-state index contributed by atoms with van der Waals surface area (Å²) in [5, 5.41) is 1.91. The van der Waals surface area contributed by atoms with Gasteiger partial charge in [0.25, 0.3) is 5.91 Å². The van der Waals surface area contributed by atoms with Gasteiger partial charge in [0.15, 0.2) is 12.3 Å². The summed E-state index contributed by atoms with van der Waals surface area (Å²) in [6.45, 7) is 2.96. The zero-order valence-corrected chi connectivity index (χ0v) is 16.4. The first kappa shape index (κ1) is 18.9. The average molecular weight is 394 g/mol. The van der Waals surface area contributed by atoms with E-state index in [2.05, 4.69) is 9.97 Å². The smallest absolute Gasteiger partial charge is 0.276 e. The van der Waals surface area contributed by atoms with Crippen molar-refractivity contribution in [3.63, 3.8) is 0 Å². The maximum absolute atomic E-state index is 12.9. The molecule has 1 aromatic carbocycles. The van der Waals surface area contributed by atoms with E-state index < -0.39 is 6.04 Å². The molecule has 1 fully saturated rings. The van der Waals surface area contributed by atoms with Crippen LogP contribution in [0.2, 0.25) is 0 Å². The predicted octanol–water partition coefficient (Wildman–Crippen LogP) is 2.49. The first-order valence-electron chi connectivity index (χ1n) is 9.54. The summed E-state index contributed by atoms with van der Waals surface area (Å²) in [4.78, 5) is 36.8. The number of nitrogens with zero attached hydrogens (tertiary/aromatic N) is 4. The van der Waals surface area contributed by atoms with Crippen LogP contribution in [-0.4, -0.2) is 57.8 Å². The Hall–Kier alpha value is -3.42. The van der Waals surface area contributed by atoms with Gasteiger partial charge in [0, 0.05) is 43.3 Å². The van der Waals surface area contributed by atoms with E-state index in [1.54, 1.807) is 29.2 Å². The Morgan fingerprint density at radius 3 is 3.00 bits per heavy atom. The number of fused-ring (bicyclic) bond motifs is 1. The van der Waals surface area contributed by atoms with Crippen LogP contribution < -0.4 is 4.74 Å². The number of aromatic nitrogens is 2. The number of amides is 2. The topological polar surface area (TPSA) is 88.8 Å². The lowest BCUT2D eigenvalue weighted by molar-refractivity contribution is -0.138. The predicted molar refractivity (Wildman–Crippen MR) is 105 cm³/mol. The maximum Gasteiger partial charge on any atom is 0.276 e. The van der Waals surface area contributed by atoms with Crippen LogP contribution in [-0.2, 0) is 11.4 Å². The molecule has 3 aromatic rings. The summed E-state index contributed by atoms with van der Waals surface area (Å²) in [5.74, 6) is 0.633. The molecule has 0 spiro atoms. The Bertz CT molecular complexity index is 1040. The van der Waals surface area contributed by atoms with Crippen molar-refractivity contribution in [2.24, 2.45) is 0 Å². The molecule has 2 amide bonds. The van der Waals surface area contributed by atoms with E-state index in [4.69, 9.17) is 9.15 Å². The van der Waals surface area contributed by atoms with Crippen molar-refractivity contribution in [1.82, 2.24) is 19.8 Å². The molecule has 0 saturated carbocycles. The van der Waals surface area contributed by atoms with Gasteiger partial charge in [-0.05, 0) is 18.6 Å².